The van der Waals surface area contributed by atoms with Gasteiger partial charge in [0.1, 0.15) is 0 Å². The fourth-order valence-electron chi connectivity index (χ4n) is 0. The van der Waals surface area contributed by atoms with Crippen LogP contribution < -0.4 is 0 Å². The molecule has 0 bridgehead atoms. The third-order valence-electron chi connectivity index (χ3n) is 0. The highest BCUT2D eigenvalue weighted by Gasteiger charge is 1.28. The summed E-state index contributed by atoms with van der Waals surface area (Å²) in [6.07, 6.45) is 0. The first-order chi connectivity index (χ1) is 3.41. The van der Waals surface area contributed by atoms with Crippen molar-refractivity contribution in [2.75, 3.05) is 0 Å². The molecule has 3 N–H and O–H groups in total. The minimum Gasteiger partial charge on any atom is -0.412 e. The summed E-state index contributed by atoms with van der Waals surface area (Å²) in [5.41, 5.74) is 0. The average molecular weight is 162 g/mol. The SMILES string of the molecule is C.O.O=O.O=O.O=PO. The maximum atomic E-state index is 8.46. The second-order valence-electron chi connectivity index (χ2n) is 0.0816. The lowest BCUT2D eigenvalue weighted by Crippen LogP contribution is -1.03. The van der Waals surface area contributed by atoms with Crippen LogP contribution in [0.4, 0.5) is 0 Å². The van der Waals surface area contributed by atoms with Crippen molar-refractivity contribution in [1.82, 2.24) is 0 Å². The van der Waals surface area contributed by atoms with Gasteiger partial charge in [-0.05, 0) is 0 Å². The molecule has 0 aromatic heterocycles. The summed E-state index contributed by atoms with van der Waals surface area (Å²) in [5, 5.41) is 0. The fourth-order valence-corrected chi connectivity index (χ4v) is 0. The van der Waals surface area contributed by atoms with Crippen LogP contribution in [0.25, 0.3) is 0 Å². The second-order valence-corrected chi connectivity index (χ2v) is 0.245. The minimum absolute atomic E-state index is 0. The van der Waals surface area contributed by atoms with Gasteiger partial charge >= 0.3 is 8.69 Å². The first-order valence-electron chi connectivity index (χ1n) is 0.716. The van der Waals surface area contributed by atoms with E-state index in [1.54, 1.807) is 0 Å². The van der Waals surface area contributed by atoms with E-state index in [0.29, 0.717) is 0 Å². The molecule has 0 fully saturated rings. The van der Waals surface area contributed by atoms with Crippen LogP contribution >= 0.6 is 8.69 Å². The zero-order chi connectivity index (χ0) is 6.71. The molecule has 0 radical (unpaired) electrons. The van der Waals surface area contributed by atoms with Gasteiger partial charge in [0.2, 0.25) is 0 Å². The molecule has 0 atom stereocenters. The van der Waals surface area contributed by atoms with Crippen LogP contribution in [0.3, 0.4) is 0 Å². The van der Waals surface area contributed by atoms with Crippen molar-refractivity contribution < 1.29 is 14.9 Å². The lowest BCUT2D eigenvalue weighted by Gasteiger charge is -1.24. The molecule has 0 aromatic rings. The summed E-state index contributed by atoms with van der Waals surface area (Å²) in [5.74, 6) is 0. The van der Waals surface area contributed by atoms with Crippen LogP contribution in [0.2, 0.25) is 0 Å². The van der Waals surface area contributed by atoms with E-state index in [0.717, 1.165) is 0 Å². The molecule has 0 rings (SSSR count). The minimum atomic E-state index is -0.833. The number of rotatable bonds is 0. The van der Waals surface area contributed by atoms with Gasteiger partial charge in [0.15, 0.2) is 0 Å². The third-order valence-corrected chi connectivity index (χ3v) is 0. The molecule has 0 saturated carbocycles. The maximum absolute atomic E-state index is 8.46. The molecule has 0 aliphatic carbocycles. The molecular formula is CH7O7P. The molecule has 0 amide bonds. The highest BCUT2D eigenvalue weighted by molar-refractivity contribution is 7.16. The number of hydrogen-bond donors (Lipinski definition) is 1. The zero-order valence-electron chi connectivity index (χ0n) is 3.44. The maximum Gasteiger partial charge on any atom is 0.324 e. The van der Waals surface area contributed by atoms with Crippen LogP contribution in [-0.2, 0) is 4.57 Å². The average Bonchev–Trinajstić information content (AvgIpc) is 1.78. The second kappa shape index (κ2) is 5770. The largest absolute Gasteiger partial charge is 0.412 e. The van der Waals surface area contributed by atoms with Gasteiger partial charge in [-0.1, -0.05) is 7.43 Å². The standard InChI is InChI=1S/CH4.HO2P.2O2.H2O/c;1-3-2;2*1-2;/h1H4;(H,1,2);;;1H2. The van der Waals surface area contributed by atoms with Gasteiger partial charge in [-0.15, -0.1) is 0 Å². The summed E-state index contributed by atoms with van der Waals surface area (Å²) in [4.78, 5) is 35.0. The van der Waals surface area contributed by atoms with E-state index in [9.17, 15) is 0 Å². The van der Waals surface area contributed by atoms with E-state index in [2.05, 4.69) is 0 Å². The zero-order valence-corrected chi connectivity index (χ0v) is 4.33. The van der Waals surface area contributed by atoms with Gasteiger partial charge in [0.05, 0.1) is 0 Å². The molecule has 58 valence electrons. The van der Waals surface area contributed by atoms with Crippen LogP contribution in [0.1, 0.15) is 7.43 Å². The Morgan fingerprint density at radius 3 is 1.00 bits per heavy atom. The molecule has 7 nitrogen and oxygen atoms in total. The van der Waals surface area contributed by atoms with Gasteiger partial charge < -0.3 is 10.4 Å². The summed E-state index contributed by atoms with van der Waals surface area (Å²) in [7, 11) is -0.833. The molecule has 0 aliphatic heterocycles. The Balaban J connectivity index is -0.00000000825. The van der Waals surface area contributed by atoms with Crippen LogP contribution in [0, 0.1) is 19.9 Å². The van der Waals surface area contributed by atoms with E-state index in [4.69, 9.17) is 29.3 Å². The summed E-state index contributed by atoms with van der Waals surface area (Å²) in [6, 6.07) is 0. The van der Waals surface area contributed by atoms with E-state index in [1.165, 1.54) is 0 Å². The molecular weight excluding hydrogens is 155 g/mol. The Labute approximate surface area is 52.1 Å². The summed E-state index contributed by atoms with van der Waals surface area (Å²) in [6.45, 7) is 0. The topological polar surface area (TPSA) is 137 Å². The van der Waals surface area contributed by atoms with Gasteiger partial charge in [-0.2, -0.15) is 0 Å². The molecule has 0 aliphatic rings. The first kappa shape index (κ1) is 41.3. The van der Waals surface area contributed by atoms with Gasteiger partial charge in [-0.3, -0.25) is 0 Å². The monoisotopic (exact) mass is 162 g/mol. The van der Waals surface area contributed by atoms with E-state index >= 15 is 0 Å². The summed E-state index contributed by atoms with van der Waals surface area (Å²) < 4.78 is 8.46. The van der Waals surface area contributed by atoms with Crippen molar-refractivity contribution in [3.05, 3.63) is 19.9 Å². The molecule has 0 heterocycles. The Bertz CT molecular complexity index is 28.1. The van der Waals surface area contributed by atoms with Crippen molar-refractivity contribution in [1.29, 1.82) is 0 Å². The molecule has 0 spiro atoms. The van der Waals surface area contributed by atoms with Crippen molar-refractivity contribution in [3.63, 3.8) is 0 Å². The lowest BCUT2D eigenvalue weighted by molar-refractivity contribution is 0.524. The molecule has 0 unspecified atom stereocenters. The van der Waals surface area contributed by atoms with Crippen LogP contribution in [-0.4, -0.2) is 10.4 Å². The Morgan fingerprint density at radius 1 is 1.00 bits per heavy atom. The summed E-state index contributed by atoms with van der Waals surface area (Å²) >= 11 is 0. The van der Waals surface area contributed by atoms with E-state index in [1.807, 2.05) is 0 Å². The van der Waals surface area contributed by atoms with Crippen molar-refractivity contribution in [2.45, 2.75) is 7.43 Å². The molecule has 0 saturated heterocycles. The smallest absolute Gasteiger partial charge is 0.324 e. The fraction of sp³-hybridized carbons (Fsp3) is 1.00. The quantitative estimate of drug-likeness (QED) is 0.502. The van der Waals surface area contributed by atoms with Crippen molar-refractivity contribution in [3.8, 4) is 0 Å². The Kier molecular flexibility index (Phi) is 26500. The number of hydrogen-bond acceptors (Lipinski definition) is 5. The van der Waals surface area contributed by atoms with E-state index < -0.39 is 8.69 Å². The molecule has 0 aromatic carbocycles. The highest BCUT2D eigenvalue weighted by Crippen LogP contribution is 1.66. The van der Waals surface area contributed by atoms with Crippen molar-refractivity contribution in [2.24, 2.45) is 0 Å². The van der Waals surface area contributed by atoms with Crippen molar-refractivity contribution >= 4 is 8.69 Å². The van der Waals surface area contributed by atoms with Gasteiger partial charge in [0.25, 0.3) is 0 Å². The molecule has 8 heteroatoms. The predicted octanol–water partition coefficient (Wildman–Crippen LogP) is 0.131. The Morgan fingerprint density at radius 2 is 1.00 bits per heavy atom. The first-order valence-corrected chi connectivity index (χ1v) is 1.48. The van der Waals surface area contributed by atoms with E-state index in [-0.39, 0.29) is 12.9 Å². The highest BCUT2D eigenvalue weighted by atomic mass is 31.1. The third kappa shape index (κ3) is 323. The Hall–Kier alpha value is -0.780. The normalized spacial score (nSPS) is 3.22. The lowest BCUT2D eigenvalue weighted by atomic mass is 12.0. The van der Waals surface area contributed by atoms with Crippen LogP contribution in [0.5, 0.6) is 0 Å². The predicted molar refractivity (Wildman–Crippen MR) is 33.6 cm³/mol. The van der Waals surface area contributed by atoms with Gasteiger partial charge in [0, 0.05) is 19.9 Å². The molecule has 9 heavy (non-hydrogen) atoms. The van der Waals surface area contributed by atoms with Crippen LogP contribution in [0.15, 0.2) is 0 Å². The van der Waals surface area contributed by atoms with Gasteiger partial charge in [-0.25, -0.2) is 4.57 Å².